The average molecular weight is 898 g/mol. The number of anilines is 3. The molecule has 1 aromatic heterocycles. The van der Waals surface area contributed by atoms with Crippen LogP contribution < -0.4 is 4.90 Å². The highest BCUT2D eigenvalue weighted by molar-refractivity contribution is 7.26. The van der Waals surface area contributed by atoms with Gasteiger partial charge in [0.1, 0.15) is 0 Å². The van der Waals surface area contributed by atoms with Crippen LogP contribution in [0.4, 0.5) is 17.1 Å². The van der Waals surface area contributed by atoms with Crippen LogP contribution in [-0.4, -0.2) is 0 Å². The smallest absolute Gasteiger partial charge is 0.0726 e. The normalized spacial score (nSPS) is 15.3. The molecule has 0 atom stereocenters. The molecule has 0 N–H and O–H groups in total. The summed E-state index contributed by atoms with van der Waals surface area (Å²) in [4.78, 5) is 2.56. The largest absolute Gasteiger partial charge is 0.310 e. The minimum Gasteiger partial charge on any atom is -0.310 e. The molecule has 0 unspecified atom stereocenters. The molecule has 0 saturated heterocycles. The Morgan fingerprint density at radius 2 is 0.754 bits per heavy atom. The van der Waals surface area contributed by atoms with E-state index >= 15 is 0 Å². The molecule has 326 valence electrons. The molecule has 1 nitrogen and oxygen atoms in total. The van der Waals surface area contributed by atoms with Gasteiger partial charge < -0.3 is 4.90 Å². The number of fused-ring (bicyclic) bond motifs is 19. The van der Waals surface area contributed by atoms with E-state index in [1.165, 1.54) is 120 Å². The predicted octanol–water partition coefficient (Wildman–Crippen LogP) is 18.1. The molecule has 0 saturated carbocycles. The van der Waals surface area contributed by atoms with E-state index < -0.39 is 5.41 Å². The maximum Gasteiger partial charge on any atom is 0.0726 e. The standard InChI is InChI=1S/C67H47NS/c1-65(2)52-25-13-8-20-44(52)48-33-30-41(36-56(48)65)68(43-31-34-49-47-23-11-16-28-55(47)67(58(49)38-43)53-26-14-9-21-45(53)46-22-10-15-27-54(46)67)42-32-35-50-57(37-42)66(3,4)59-39-61-64(51-24-12-17-29-60(51)69-61)62(63(50)59)40-18-6-5-7-19-40/h5-39H,1-4H3. The van der Waals surface area contributed by atoms with E-state index in [0.29, 0.717) is 0 Å². The zero-order valence-electron chi connectivity index (χ0n) is 39.1. The monoisotopic (exact) mass is 897 g/mol. The highest BCUT2D eigenvalue weighted by Gasteiger charge is 2.52. The Morgan fingerprint density at radius 3 is 1.36 bits per heavy atom. The Kier molecular flexibility index (Phi) is 7.78. The van der Waals surface area contributed by atoms with Gasteiger partial charge in [0.05, 0.1) is 5.41 Å². The van der Waals surface area contributed by atoms with Gasteiger partial charge in [-0.25, -0.2) is 0 Å². The molecule has 0 bridgehead atoms. The number of hydrogen-bond donors (Lipinski definition) is 0. The van der Waals surface area contributed by atoms with Crippen molar-refractivity contribution < 1.29 is 0 Å². The summed E-state index contributed by atoms with van der Waals surface area (Å²) in [6.07, 6.45) is 0. The van der Waals surface area contributed by atoms with Crippen LogP contribution >= 0.6 is 11.3 Å². The SMILES string of the molecule is CC1(C)c2ccccc2-c2ccc(N(c3ccc4c(c3)C(C)(C)c3cc5sc6ccccc6c5c(-c5ccccc5)c3-4)c3ccc4c(c3)C3(c5ccccc5-c5ccccc53)c3ccccc3-4)cc21. The van der Waals surface area contributed by atoms with Crippen LogP contribution in [0.1, 0.15) is 72.2 Å². The third-order valence-electron chi connectivity index (χ3n) is 16.7. The van der Waals surface area contributed by atoms with Crippen molar-refractivity contribution in [1.29, 1.82) is 0 Å². The van der Waals surface area contributed by atoms with Crippen molar-refractivity contribution in [2.45, 2.75) is 43.9 Å². The van der Waals surface area contributed by atoms with Crippen LogP contribution in [0.2, 0.25) is 0 Å². The quantitative estimate of drug-likeness (QED) is 0.170. The van der Waals surface area contributed by atoms with Crippen LogP contribution in [0.15, 0.2) is 212 Å². The molecule has 10 aromatic carbocycles. The number of benzene rings is 10. The lowest BCUT2D eigenvalue weighted by Crippen LogP contribution is -2.26. The predicted molar refractivity (Wildman–Crippen MR) is 291 cm³/mol. The average Bonchev–Trinajstić information content (AvgIpc) is 4.12. The first-order chi connectivity index (χ1) is 33.7. The van der Waals surface area contributed by atoms with Gasteiger partial charge in [-0.3, -0.25) is 0 Å². The molecule has 0 amide bonds. The number of nitrogens with zero attached hydrogens (tertiary/aromatic N) is 1. The van der Waals surface area contributed by atoms with Gasteiger partial charge in [0.15, 0.2) is 0 Å². The summed E-state index contributed by atoms with van der Waals surface area (Å²) in [6, 6.07) is 81.0. The second kappa shape index (κ2) is 13.7. The third kappa shape index (κ3) is 4.99. The van der Waals surface area contributed by atoms with E-state index in [1.807, 2.05) is 11.3 Å². The summed E-state index contributed by atoms with van der Waals surface area (Å²) in [5.41, 5.74) is 26.8. The van der Waals surface area contributed by atoms with Gasteiger partial charge >= 0.3 is 0 Å². The van der Waals surface area contributed by atoms with E-state index in [4.69, 9.17) is 0 Å². The third-order valence-corrected chi connectivity index (χ3v) is 17.8. The van der Waals surface area contributed by atoms with Crippen LogP contribution in [0.3, 0.4) is 0 Å². The van der Waals surface area contributed by atoms with Gasteiger partial charge in [-0.05, 0) is 149 Å². The minimum atomic E-state index is -0.450. The van der Waals surface area contributed by atoms with Gasteiger partial charge in [0.25, 0.3) is 0 Å². The highest BCUT2D eigenvalue weighted by atomic mass is 32.1. The molecular formula is C67H47NS. The first-order valence-electron chi connectivity index (χ1n) is 24.4. The molecule has 1 heterocycles. The van der Waals surface area contributed by atoms with Crippen molar-refractivity contribution in [2.75, 3.05) is 4.90 Å². The summed E-state index contributed by atoms with van der Waals surface area (Å²) in [6.45, 7) is 9.68. The molecule has 15 rings (SSSR count). The molecule has 2 heteroatoms. The molecule has 1 spiro atoms. The van der Waals surface area contributed by atoms with Crippen LogP contribution in [0.5, 0.6) is 0 Å². The lowest BCUT2D eigenvalue weighted by molar-refractivity contribution is 0.660. The van der Waals surface area contributed by atoms with Crippen molar-refractivity contribution in [1.82, 2.24) is 0 Å². The fraction of sp³-hybridized carbons (Fsp3) is 0.104. The van der Waals surface area contributed by atoms with Crippen molar-refractivity contribution in [3.05, 3.63) is 257 Å². The topological polar surface area (TPSA) is 3.24 Å². The molecule has 69 heavy (non-hydrogen) atoms. The second-order valence-electron chi connectivity index (χ2n) is 20.7. The fourth-order valence-electron chi connectivity index (χ4n) is 13.6. The van der Waals surface area contributed by atoms with Gasteiger partial charge in [-0.2, -0.15) is 0 Å². The summed E-state index contributed by atoms with van der Waals surface area (Å²) >= 11 is 1.92. The summed E-state index contributed by atoms with van der Waals surface area (Å²) < 4.78 is 2.68. The Hall–Kier alpha value is -7.78. The van der Waals surface area contributed by atoms with Crippen molar-refractivity contribution in [3.8, 4) is 55.6 Å². The lowest BCUT2D eigenvalue weighted by atomic mass is 9.70. The summed E-state index contributed by atoms with van der Waals surface area (Å²) in [5.74, 6) is 0. The maximum atomic E-state index is 2.56. The molecular weight excluding hydrogens is 851 g/mol. The van der Waals surface area contributed by atoms with Crippen LogP contribution in [0, 0.1) is 0 Å². The lowest BCUT2D eigenvalue weighted by Gasteiger charge is -2.33. The molecule has 4 aliphatic rings. The van der Waals surface area contributed by atoms with E-state index in [2.05, 4.69) is 245 Å². The fourth-order valence-corrected chi connectivity index (χ4v) is 14.8. The summed E-state index contributed by atoms with van der Waals surface area (Å²) in [7, 11) is 0. The van der Waals surface area contributed by atoms with Gasteiger partial charge in [0, 0.05) is 48.1 Å². The van der Waals surface area contributed by atoms with E-state index in [0.717, 1.165) is 17.1 Å². The van der Waals surface area contributed by atoms with Crippen molar-refractivity contribution in [3.63, 3.8) is 0 Å². The van der Waals surface area contributed by atoms with E-state index in [1.54, 1.807) is 0 Å². The molecule has 4 aliphatic carbocycles. The van der Waals surface area contributed by atoms with E-state index in [9.17, 15) is 0 Å². The Balaban J connectivity index is 0.988. The number of hydrogen-bond acceptors (Lipinski definition) is 2. The maximum absolute atomic E-state index is 2.56. The van der Waals surface area contributed by atoms with Crippen LogP contribution in [-0.2, 0) is 16.2 Å². The number of thiophene rings is 1. The molecule has 0 aliphatic heterocycles. The highest BCUT2D eigenvalue weighted by Crippen LogP contribution is 2.64. The van der Waals surface area contributed by atoms with Gasteiger partial charge in [-0.1, -0.05) is 191 Å². The zero-order chi connectivity index (χ0) is 46.0. The Morgan fingerprint density at radius 1 is 0.319 bits per heavy atom. The van der Waals surface area contributed by atoms with Crippen LogP contribution in [0.25, 0.3) is 75.8 Å². The summed E-state index contributed by atoms with van der Waals surface area (Å²) in [5, 5.41) is 2.69. The van der Waals surface area contributed by atoms with Gasteiger partial charge in [-0.15, -0.1) is 11.3 Å². The van der Waals surface area contributed by atoms with E-state index in [-0.39, 0.29) is 10.8 Å². The minimum absolute atomic E-state index is 0.152. The second-order valence-corrected chi connectivity index (χ2v) is 21.8. The first kappa shape index (κ1) is 39.2. The van der Waals surface area contributed by atoms with Crippen molar-refractivity contribution in [2.24, 2.45) is 0 Å². The molecule has 0 radical (unpaired) electrons. The zero-order valence-corrected chi connectivity index (χ0v) is 39.9. The van der Waals surface area contributed by atoms with Gasteiger partial charge in [0.2, 0.25) is 0 Å². The van der Waals surface area contributed by atoms with Crippen molar-refractivity contribution >= 4 is 48.6 Å². The molecule has 0 fully saturated rings. The Labute approximate surface area is 407 Å². The first-order valence-corrected chi connectivity index (χ1v) is 25.2. The number of rotatable bonds is 4. The molecule has 11 aromatic rings. The Bertz CT molecular complexity index is 3970.